The molecule has 1 aliphatic rings. The number of hydrogen-bond donors (Lipinski definition) is 1. The fourth-order valence-electron chi connectivity index (χ4n) is 2.73. The third-order valence-corrected chi connectivity index (χ3v) is 3.61. The Hall–Kier alpha value is -1.81. The van der Waals surface area contributed by atoms with Crippen molar-refractivity contribution in [3.8, 4) is 11.5 Å². The Bertz CT molecular complexity index is 592. The van der Waals surface area contributed by atoms with Crippen molar-refractivity contribution >= 4 is 0 Å². The highest BCUT2D eigenvalue weighted by Gasteiger charge is 2.31. The van der Waals surface area contributed by atoms with Crippen molar-refractivity contribution in [1.29, 1.82) is 0 Å². The Labute approximate surface area is 113 Å². The van der Waals surface area contributed by atoms with Crippen LogP contribution in [0.25, 0.3) is 11.5 Å². The summed E-state index contributed by atoms with van der Waals surface area (Å²) in [6, 6.07) is 5.80. The first-order valence-corrected chi connectivity index (χ1v) is 6.58. The van der Waals surface area contributed by atoms with Crippen molar-refractivity contribution in [3.05, 3.63) is 41.9 Å². The van der Waals surface area contributed by atoms with Gasteiger partial charge in [-0.3, -0.25) is 4.98 Å². The summed E-state index contributed by atoms with van der Waals surface area (Å²) >= 11 is 0. The summed E-state index contributed by atoms with van der Waals surface area (Å²) < 4.78 is 0. The molecular weight excluding hydrogens is 236 g/mol. The molecule has 0 aromatic carbocycles. The lowest BCUT2D eigenvalue weighted by atomic mass is 9.74. The van der Waals surface area contributed by atoms with Gasteiger partial charge in [0.15, 0.2) is 5.82 Å². The lowest BCUT2D eigenvalue weighted by Crippen LogP contribution is -2.30. The lowest BCUT2D eigenvalue weighted by Gasteiger charge is -2.34. The molecule has 0 amide bonds. The van der Waals surface area contributed by atoms with Gasteiger partial charge in [0.05, 0.1) is 0 Å². The zero-order chi connectivity index (χ0) is 13.5. The molecule has 0 saturated carbocycles. The van der Waals surface area contributed by atoms with Gasteiger partial charge in [-0.2, -0.15) is 0 Å². The largest absolute Gasteiger partial charge is 0.324 e. The van der Waals surface area contributed by atoms with E-state index in [1.807, 2.05) is 24.4 Å². The second-order valence-electron chi connectivity index (χ2n) is 5.96. The predicted octanol–water partition coefficient (Wildman–Crippen LogP) is 2.51. The molecule has 0 fully saturated rings. The number of rotatable bonds is 1. The number of pyridine rings is 1. The van der Waals surface area contributed by atoms with Gasteiger partial charge in [-0.15, -0.1) is 0 Å². The molecule has 0 spiro atoms. The van der Waals surface area contributed by atoms with E-state index >= 15 is 0 Å². The van der Waals surface area contributed by atoms with Crippen molar-refractivity contribution in [2.45, 2.75) is 32.7 Å². The zero-order valence-corrected chi connectivity index (χ0v) is 11.3. The van der Waals surface area contributed by atoms with E-state index in [-0.39, 0.29) is 11.5 Å². The molecule has 0 aliphatic heterocycles. The van der Waals surface area contributed by atoms with Gasteiger partial charge in [0.2, 0.25) is 0 Å². The standard InChI is InChI=1S/C15H18N4/c1-15(2)7-11(16)10-9-18-14(19-13(10)8-15)12-5-3-4-6-17-12/h3-6,9,11H,7-8,16H2,1-2H3. The molecule has 2 aromatic heterocycles. The van der Waals surface area contributed by atoms with Gasteiger partial charge in [0, 0.05) is 29.7 Å². The minimum absolute atomic E-state index is 0.0385. The lowest BCUT2D eigenvalue weighted by molar-refractivity contribution is 0.278. The van der Waals surface area contributed by atoms with Crippen LogP contribution in [0.4, 0.5) is 0 Å². The molecule has 1 atom stereocenters. The van der Waals surface area contributed by atoms with Gasteiger partial charge in [0.25, 0.3) is 0 Å². The first-order chi connectivity index (χ1) is 9.05. The van der Waals surface area contributed by atoms with Crippen LogP contribution in [0.2, 0.25) is 0 Å². The van der Waals surface area contributed by atoms with E-state index in [0.717, 1.165) is 29.8 Å². The van der Waals surface area contributed by atoms with E-state index in [1.165, 1.54) is 0 Å². The highest BCUT2D eigenvalue weighted by Crippen LogP contribution is 2.38. The average Bonchev–Trinajstić information content (AvgIpc) is 2.37. The predicted molar refractivity (Wildman–Crippen MR) is 74.3 cm³/mol. The minimum atomic E-state index is 0.0385. The summed E-state index contributed by atoms with van der Waals surface area (Å²) in [4.78, 5) is 13.4. The summed E-state index contributed by atoms with van der Waals surface area (Å²) in [5.74, 6) is 0.684. The van der Waals surface area contributed by atoms with Crippen LogP contribution in [0.1, 0.15) is 37.6 Å². The maximum atomic E-state index is 6.22. The summed E-state index contributed by atoms with van der Waals surface area (Å²) in [6.07, 6.45) is 5.55. The highest BCUT2D eigenvalue weighted by molar-refractivity contribution is 5.49. The fraction of sp³-hybridized carbons (Fsp3) is 0.400. The van der Waals surface area contributed by atoms with Crippen LogP contribution in [0.15, 0.2) is 30.6 Å². The molecule has 1 unspecified atom stereocenters. The van der Waals surface area contributed by atoms with Crippen molar-refractivity contribution in [1.82, 2.24) is 15.0 Å². The van der Waals surface area contributed by atoms with Gasteiger partial charge < -0.3 is 5.73 Å². The molecule has 2 N–H and O–H groups in total. The molecule has 4 heteroatoms. The van der Waals surface area contributed by atoms with Crippen molar-refractivity contribution in [3.63, 3.8) is 0 Å². The Morgan fingerprint density at radius 1 is 1.26 bits per heavy atom. The molecule has 2 aromatic rings. The van der Waals surface area contributed by atoms with E-state index in [1.54, 1.807) is 6.20 Å². The molecule has 98 valence electrons. The Morgan fingerprint density at radius 2 is 2.11 bits per heavy atom. The van der Waals surface area contributed by atoms with Crippen LogP contribution >= 0.6 is 0 Å². The molecular formula is C15H18N4. The number of hydrogen-bond acceptors (Lipinski definition) is 4. The topological polar surface area (TPSA) is 64.7 Å². The fourth-order valence-corrected chi connectivity index (χ4v) is 2.73. The van der Waals surface area contributed by atoms with Crippen LogP contribution in [0.5, 0.6) is 0 Å². The quantitative estimate of drug-likeness (QED) is 0.849. The first-order valence-electron chi connectivity index (χ1n) is 6.58. The maximum absolute atomic E-state index is 6.22. The van der Waals surface area contributed by atoms with Crippen LogP contribution in [0, 0.1) is 5.41 Å². The summed E-state index contributed by atoms with van der Waals surface area (Å²) in [7, 11) is 0. The summed E-state index contributed by atoms with van der Waals surface area (Å²) in [5.41, 5.74) is 9.37. The van der Waals surface area contributed by atoms with Crippen molar-refractivity contribution < 1.29 is 0 Å². The van der Waals surface area contributed by atoms with E-state index in [9.17, 15) is 0 Å². The minimum Gasteiger partial charge on any atom is -0.324 e. The smallest absolute Gasteiger partial charge is 0.178 e. The van der Waals surface area contributed by atoms with E-state index in [0.29, 0.717) is 5.82 Å². The van der Waals surface area contributed by atoms with E-state index < -0.39 is 0 Å². The SMILES string of the molecule is CC1(C)Cc2nc(-c3ccccn3)ncc2C(N)C1. The Kier molecular flexibility index (Phi) is 2.82. The van der Waals surface area contributed by atoms with Crippen molar-refractivity contribution in [2.75, 3.05) is 0 Å². The molecule has 0 saturated heterocycles. The zero-order valence-electron chi connectivity index (χ0n) is 11.3. The molecule has 1 aliphatic carbocycles. The monoisotopic (exact) mass is 254 g/mol. The van der Waals surface area contributed by atoms with Gasteiger partial charge in [-0.05, 0) is 30.4 Å². The molecule has 3 rings (SSSR count). The molecule has 0 bridgehead atoms. The second kappa shape index (κ2) is 4.38. The normalized spacial score (nSPS) is 20.9. The third-order valence-electron chi connectivity index (χ3n) is 3.61. The van der Waals surface area contributed by atoms with E-state index in [4.69, 9.17) is 5.73 Å². The first kappa shape index (κ1) is 12.2. The maximum Gasteiger partial charge on any atom is 0.178 e. The highest BCUT2D eigenvalue weighted by atomic mass is 14.9. The van der Waals surface area contributed by atoms with Gasteiger partial charge in [0.1, 0.15) is 5.69 Å². The summed E-state index contributed by atoms with van der Waals surface area (Å²) in [5, 5.41) is 0. The third kappa shape index (κ3) is 2.36. The number of nitrogens with two attached hydrogens (primary N) is 1. The van der Waals surface area contributed by atoms with Crippen LogP contribution in [0.3, 0.4) is 0 Å². The number of nitrogens with zero attached hydrogens (tertiary/aromatic N) is 3. The molecule has 2 heterocycles. The van der Waals surface area contributed by atoms with Gasteiger partial charge >= 0.3 is 0 Å². The van der Waals surface area contributed by atoms with Gasteiger partial charge in [-0.25, -0.2) is 9.97 Å². The number of fused-ring (bicyclic) bond motifs is 1. The van der Waals surface area contributed by atoms with E-state index in [2.05, 4.69) is 28.8 Å². The number of aromatic nitrogens is 3. The molecule has 0 radical (unpaired) electrons. The van der Waals surface area contributed by atoms with Crippen LogP contribution < -0.4 is 5.73 Å². The Morgan fingerprint density at radius 3 is 2.84 bits per heavy atom. The average molecular weight is 254 g/mol. The van der Waals surface area contributed by atoms with Crippen molar-refractivity contribution in [2.24, 2.45) is 11.1 Å². The molecule has 4 nitrogen and oxygen atoms in total. The second-order valence-corrected chi connectivity index (χ2v) is 5.96. The van der Waals surface area contributed by atoms with Crippen LogP contribution in [-0.4, -0.2) is 15.0 Å². The Balaban J connectivity index is 2.05. The molecule has 19 heavy (non-hydrogen) atoms. The summed E-state index contributed by atoms with van der Waals surface area (Å²) in [6.45, 7) is 4.47. The van der Waals surface area contributed by atoms with Gasteiger partial charge in [-0.1, -0.05) is 19.9 Å². The van der Waals surface area contributed by atoms with Crippen LogP contribution in [-0.2, 0) is 6.42 Å².